The van der Waals surface area contributed by atoms with Crippen molar-refractivity contribution in [3.05, 3.63) is 131 Å². The fraction of sp³-hybridized carbons (Fsp3) is 0.143. The van der Waals surface area contributed by atoms with Crippen LogP contribution in [0.4, 0.5) is 10.2 Å². The number of carbonyl (C=O) groups excluding carboxylic acids is 1. The largest absolute Gasteiger partial charge is 0.296 e. The summed E-state index contributed by atoms with van der Waals surface area (Å²) < 4.78 is 15.4. The van der Waals surface area contributed by atoms with Gasteiger partial charge in [-0.1, -0.05) is 102 Å². The second kappa shape index (κ2) is 11.3. The first kappa shape index (κ1) is 25.8. The maximum Gasteiger partial charge on any atom is 0.239 e. The van der Waals surface area contributed by atoms with Crippen LogP contribution >= 0.6 is 6.19 Å². The Labute approximate surface area is 225 Å². The molecular formula is C28H24FN6OPS. The molecule has 1 amide bonds. The number of pyridine rings is 1. The standard InChI is InChI=1S/C28H24FN6OPS/c29-24-16-8-7-15-23(24)25(26(32-34-30)28(36)35-19-17-20-10-9-18-31-27(20)35)33-37(38,21-11-3-1-4-12-21)22-13-5-2-6-14-22/h1-16,18,25-26H,17,19H2,(H,33,38). The quantitative estimate of drug-likeness (QED) is 0.144. The Morgan fingerprint density at radius 3 is 2.26 bits per heavy atom. The minimum Gasteiger partial charge on any atom is -0.296 e. The molecule has 2 heterocycles. The number of amides is 1. The van der Waals surface area contributed by atoms with Gasteiger partial charge in [-0.2, -0.15) is 0 Å². The highest BCUT2D eigenvalue weighted by Gasteiger charge is 2.39. The molecule has 2 atom stereocenters. The van der Waals surface area contributed by atoms with Crippen LogP contribution in [0, 0.1) is 5.82 Å². The predicted octanol–water partition coefficient (Wildman–Crippen LogP) is 5.17. The van der Waals surface area contributed by atoms with E-state index in [9.17, 15) is 10.3 Å². The van der Waals surface area contributed by atoms with Crippen molar-refractivity contribution in [1.29, 1.82) is 0 Å². The van der Waals surface area contributed by atoms with Crippen LogP contribution in [0.25, 0.3) is 10.4 Å². The highest BCUT2D eigenvalue weighted by Crippen LogP contribution is 2.44. The molecule has 0 radical (unpaired) electrons. The molecule has 0 saturated heterocycles. The molecule has 0 aliphatic carbocycles. The molecule has 0 saturated carbocycles. The topological polar surface area (TPSA) is 94.0 Å². The van der Waals surface area contributed by atoms with Gasteiger partial charge in [0.05, 0.1) is 12.2 Å². The summed E-state index contributed by atoms with van der Waals surface area (Å²) in [5.41, 5.74) is 10.7. The number of hydrogen-bond donors (Lipinski definition) is 1. The van der Waals surface area contributed by atoms with Gasteiger partial charge < -0.3 is 0 Å². The van der Waals surface area contributed by atoms with E-state index in [0.29, 0.717) is 18.8 Å². The van der Waals surface area contributed by atoms with E-state index in [1.807, 2.05) is 72.8 Å². The zero-order chi connectivity index (χ0) is 26.5. The van der Waals surface area contributed by atoms with Crippen molar-refractivity contribution in [1.82, 2.24) is 10.1 Å². The number of hydrogen-bond acceptors (Lipinski definition) is 4. The molecule has 1 aliphatic rings. The Kier molecular flexibility index (Phi) is 7.63. The number of carbonyl (C=O) groups is 1. The van der Waals surface area contributed by atoms with E-state index in [0.717, 1.165) is 16.2 Å². The zero-order valence-corrected chi connectivity index (χ0v) is 22.0. The number of rotatable bonds is 8. The van der Waals surface area contributed by atoms with Gasteiger partial charge in [0.25, 0.3) is 0 Å². The fourth-order valence-corrected chi connectivity index (χ4v) is 8.23. The number of halogens is 1. The third-order valence-corrected chi connectivity index (χ3v) is 10.8. The number of fused-ring (bicyclic) bond motifs is 1. The lowest BCUT2D eigenvalue weighted by Crippen LogP contribution is -2.45. The summed E-state index contributed by atoms with van der Waals surface area (Å²) in [4.78, 5) is 22.9. The first-order valence-electron chi connectivity index (χ1n) is 12.1. The van der Waals surface area contributed by atoms with E-state index in [-0.39, 0.29) is 5.56 Å². The molecule has 3 aromatic carbocycles. The molecule has 1 aromatic heterocycles. The van der Waals surface area contributed by atoms with Crippen molar-refractivity contribution >= 4 is 40.3 Å². The Morgan fingerprint density at radius 2 is 1.63 bits per heavy atom. The van der Waals surface area contributed by atoms with Crippen molar-refractivity contribution in [3.8, 4) is 0 Å². The Balaban J connectivity index is 1.65. The maximum atomic E-state index is 15.4. The lowest BCUT2D eigenvalue weighted by molar-refractivity contribution is -0.120. The summed E-state index contributed by atoms with van der Waals surface area (Å²) in [6.07, 6.45) is -0.591. The fourth-order valence-electron chi connectivity index (χ4n) is 4.70. The Morgan fingerprint density at radius 1 is 1.00 bits per heavy atom. The smallest absolute Gasteiger partial charge is 0.239 e. The molecule has 1 aliphatic heterocycles. The molecule has 0 spiro atoms. The van der Waals surface area contributed by atoms with E-state index in [4.69, 9.17) is 11.8 Å². The normalized spacial score (nSPS) is 14.3. The van der Waals surface area contributed by atoms with Gasteiger partial charge in [0.15, 0.2) is 0 Å². The van der Waals surface area contributed by atoms with Crippen LogP contribution in [0.15, 0.2) is 108 Å². The SMILES string of the molecule is [N-]=[N+]=NC(C(=O)N1CCc2cccnc21)C(NP(=S)(c1ccccc1)c1ccccc1)c1ccccc1F. The number of aromatic nitrogens is 1. The van der Waals surface area contributed by atoms with E-state index >= 15 is 4.39 Å². The van der Waals surface area contributed by atoms with Crippen LogP contribution in [0.5, 0.6) is 0 Å². The highest BCUT2D eigenvalue weighted by atomic mass is 32.4. The molecular weight excluding hydrogens is 518 g/mol. The van der Waals surface area contributed by atoms with Gasteiger partial charge in [-0.3, -0.25) is 14.8 Å². The molecule has 2 unspecified atom stereocenters. The summed E-state index contributed by atoms with van der Waals surface area (Å²) in [5.74, 6) is -0.476. The van der Waals surface area contributed by atoms with Crippen molar-refractivity contribution in [2.45, 2.75) is 18.5 Å². The molecule has 4 aromatic rings. The van der Waals surface area contributed by atoms with Crippen LogP contribution in [-0.2, 0) is 23.0 Å². The minimum absolute atomic E-state index is 0.194. The second-order valence-electron chi connectivity index (χ2n) is 8.78. The second-order valence-corrected chi connectivity index (χ2v) is 12.9. The number of anilines is 1. The van der Waals surface area contributed by atoms with Crippen LogP contribution in [0.3, 0.4) is 0 Å². The summed E-state index contributed by atoms with van der Waals surface area (Å²) in [6.45, 7) is 0.387. The first-order valence-corrected chi connectivity index (χ1v) is 14.9. The Hall–Kier alpha value is -3.87. The number of benzene rings is 3. The summed E-state index contributed by atoms with van der Waals surface area (Å²) in [7, 11) is 0. The van der Waals surface area contributed by atoms with Crippen LogP contribution in [0.2, 0.25) is 0 Å². The molecule has 10 heteroatoms. The third kappa shape index (κ3) is 4.97. The van der Waals surface area contributed by atoms with Crippen molar-refractivity contribution in [2.75, 3.05) is 11.4 Å². The average Bonchev–Trinajstić information content (AvgIpc) is 3.40. The molecule has 190 valence electrons. The Bertz CT molecular complexity index is 1500. The molecule has 0 bridgehead atoms. The monoisotopic (exact) mass is 542 g/mol. The molecule has 5 rings (SSSR count). The van der Waals surface area contributed by atoms with Crippen molar-refractivity contribution in [2.24, 2.45) is 5.11 Å². The van der Waals surface area contributed by atoms with E-state index in [2.05, 4.69) is 20.1 Å². The van der Waals surface area contributed by atoms with Gasteiger partial charge in [0, 0.05) is 33.8 Å². The minimum atomic E-state index is -2.83. The van der Waals surface area contributed by atoms with Crippen molar-refractivity contribution in [3.63, 3.8) is 0 Å². The molecule has 38 heavy (non-hydrogen) atoms. The van der Waals surface area contributed by atoms with Crippen LogP contribution in [-0.4, -0.2) is 23.5 Å². The van der Waals surface area contributed by atoms with Gasteiger partial charge in [0.2, 0.25) is 5.91 Å². The highest BCUT2D eigenvalue weighted by molar-refractivity contribution is 8.20. The number of nitrogens with zero attached hydrogens (tertiary/aromatic N) is 5. The van der Waals surface area contributed by atoms with Gasteiger partial charge in [-0.25, -0.2) is 9.37 Å². The van der Waals surface area contributed by atoms with Gasteiger partial charge in [-0.05, 0) is 29.6 Å². The number of azide groups is 1. The molecule has 1 N–H and O–H groups in total. The van der Waals surface area contributed by atoms with Crippen LogP contribution < -0.4 is 20.6 Å². The average molecular weight is 543 g/mol. The van der Waals surface area contributed by atoms with Crippen molar-refractivity contribution < 1.29 is 9.18 Å². The molecule has 0 fully saturated rings. The maximum absolute atomic E-state index is 15.4. The van der Waals surface area contributed by atoms with Crippen LogP contribution in [0.1, 0.15) is 17.2 Å². The van der Waals surface area contributed by atoms with E-state index < -0.39 is 30.0 Å². The predicted molar refractivity (Wildman–Crippen MR) is 152 cm³/mol. The lowest BCUT2D eigenvalue weighted by Gasteiger charge is -2.34. The van der Waals surface area contributed by atoms with E-state index in [1.54, 1.807) is 24.4 Å². The molecule has 7 nitrogen and oxygen atoms in total. The number of nitrogens with one attached hydrogen (secondary N) is 1. The van der Waals surface area contributed by atoms with E-state index in [1.165, 1.54) is 11.0 Å². The first-order chi connectivity index (χ1) is 18.5. The lowest BCUT2D eigenvalue weighted by atomic mass is 9.99. The summed E-state index contributed by atoms with van der Waals surface area (Å²) >= 11 is 6.35. The summed E-state index contributed by atoms with van der Waals surface area (Å²) in [5, 5.41) is 9.09. The van der Waals surface area contributed by atoms with Gasteiger partial charge >= 0.3 is 0 Å². The van der Waals surface area contributed by atoms with Gasteiger partial charge in [0.1, 0.15) is 17.7 Å². The third-order valence-electron chi connectivity index (χ3n) is 6.54. The summed E-state index contributed by atoms with van der Waals surface area (Å²) in [6, 6.07) is 26.6. The van der Waals surface area contributed by atoms with Gasteiger partial charge in [-0.15, -0.1) is 0 Å². The zero-order valence-electron chi connectivity index (χ0n) is 20.3.